The monoisotopic (exact) mass is 428 g/mol. The van der Waals surface area contributed by atoms with Gasteiger partial charge in [0.1, 0.15) is 12.1 Å². The molecule has 0 saturated heterocycles. The van der Waals surface area contributed by atoms with Crippen LogP contribution in [0.2, 0.25) is 0 Å². The Bertz CT molecular complexity index is 944. The van der Waals surface area contributed by atoms with Gasteiger partial charge in [0.05, 0.1) is 6.61 Å². The lowest BCUT2D eigenvalue weighted by molar-refractivity contribution is 0.344. The third-order valence-electron chi connectivity index (χ3n) is 4.28. The van der Waals surface area contributed by atoms with Crippen LogP contribution in [0.5, 0.6) is 5.75 Å². The minimum Gasteiger partial charge on any atom is -0.493 e. The number of hydrogen-bond donors (Lipinski definition) is 1. The Morgan fingerprint density at radius 1 is 1.17 bits per heavy atom. The van der Waals surface area contributed by atoms with Gasteiger partial charge in [-0.2, -0.15) is 19.6 Å². The summed E-state index contributed by atoms with van der Waals surface area (Å²) in [5, 5.41) is 8.43. The molecule has 0 spiro atoms. The highest BCUT2D eigenvalue weighted by Gasteiger charge is 2.13. The van der Waals surface area contributed by atoms with Gasteiger partial charge in [0.2, 0.25) is 17.1 Å². The van der Waals surface area contributed by atoms with Crippen LogP contribution in [-0.4, -0.2) is 62.2 Å². The third kappa shape index (κ3) is 6.06. The Morgan fingerprint density at radius 2 is 1.93 bits per heavy atom. The van der Waals surface area contributed by atoms with Crippen LogP contribution >= 0.6 is 11.8 Å². The molecule has 1 aromatic carbocycles. The molecule has 0 saturated carbocycles. The maximum absolute atomic E-state index is 5.75. The van der Waals surface area contributed by atoms with Crippen LogP contribution in [0.3, 0.4) is 0 Å². The molecule has 9 nitrogen and oxygen atoms in total. The summed E-state index contributed by atoms with van der Waals surface area (Å²) < 4.78 is 7.32. The average molecular weight is 429 g/mol. The van der Waals surface area contributed by atoms with Crippen molar-refractivity contribution in [2.45, 2.75) is 38.4 Å². The molecule has 30 heavy (non-hydrogen) atoms. The number of rotatable bonds is 10. The van der Waals surface area contributed by atoms with Crippen molar-refractivity contribution in [1.29, 1.82) is 0 Å². The first-order chi connectivity index (χ1) is 14.4. The zero-order chi connectivity index (χ0) is 21.5. The molecule has 2 heterocycles. The van der Waals surface area contributed by atoms with Gasteiger partial charge in [0.15, 0.2) is 0 Å². The maximum Gasteiger partial charge on any atom is 0.258 e. The Kier molecular flexibility index (Phi) is 7.45. The molecule has 0 fully saturated rings. The molecule has 1 atom stereocenters. The van der Waals surface area contributed by atoms with Crippen LogP contribution in [0, 0.1) is 6.92 Å². The summed E-state index contributed by atoms with van der Waals surface area (Å²) >= 11 is 1.52. The Balaban J connectivity index is 1.63. The molecule has 0 bridgehead atoms. The lowest BCUT2D eigenvalue weighted by Crippen LogP contribution is -2.21. The lowest BCUT2D eigenvalue weighted by atomic mass is 10.2. The van der Waals surface area contributed by atoms with E-state index in [0.717, 1.165) is 17.9 Å². The molecular formula is C20H28N8OS. The molecule has 0 radical (unpaired) electrons. The van der Waals surface area contributed by atoms with Crippen LogP contribution in [0.1, 0.15) is 25.8 Å². The van der Waals surface area contributed by atoms with E-state index in [0.29, 0.717) is 29.6 Å². The second kappa shape index (κ2) is 10.2. The van der Waals surface area contributed by atoms with E-state index in [-0.39, 0.29) is 6.04 Å². The molecular weight excluding hydrogens is 400 g/mol. The molecule has 10 heteroatoms. The van der Waals surface area contributed by atoms with E-state index in [1.807, 2.05) is 43.3 Å². The number of anilines is 2. The summed E-state index contributed by atoms with van der Waals surface area (Å²) in [5.41, 5.74) is 1.21. The molecule has 0 aliphatic carbocycles. The van der Waals surface area contributed by atoms with Crippen LogP contribution in [-0.2, 0) is 0 Å². The number of aromatic nitrogens is 6. The topological polar surface area (TPSA) is 93.9 Å². The molecule has 0 unspecified atom stereocenters. The molecule has 3 rings (SSSR count). The van der Waals surface area contributed by atoms with Crippen LogP contribution in [0.25, 0.3) is 5.95 Å². The summed E-state index contributed by atoms with van der Waals surface area (Å²) in [7, 11) is 3.78. The molecule has 3 aromatic rings. The molecule has 2 aromatic heterocycles. The number of ether oxygens (including phenoxy) is 1. The Labute approximate surface area is 181 Å². The fourth-order valence-corrected chi connectivity index (χ4v) is 3.00. The van der Waals surface area contributed by atoms with Crippen molar-refractivity contribution in [2.24, 2.45) is 0 Å². The first-order valence-corrected chi connectivity index (χ1v) is 10.9. The van der Waals surface area contributed by atoms with Crippen molar-refractivity contribution >= 4 is 23.7 Å². The van der Waals surface area contributed by atoms with Gasteiger partial charge >= 0.3 is 0 Å². The molecule has 0 amide bonds. The SMILES string of the molecule is CC[C@@H](C)Nc1nc(N(C)C)nc(-n2cnc(SCCOc3ccc(C)cc3)n2)n1. The zero-order valence-electron chi connectivity index (χ0n) is 18.0. The van der Waals surface area contributed by atoms with Crippen LogP contribution in [0.15, 0.2) is 35.7 Å². The Hall–Kier alpha value is -2.88. The summed E-state index contributed by atoms with van der Waals surface area (Å²) in [4.78, 5) is 19.6. The summed E-state index contributed by atoms with van der Waals surface area (Å²) in [6.45, 7) is 6.82. The number of aryl methyl sites for hydroxylation is 1. The first kappa shape index (κ1) is 21.8. The molecule has 0 aliphatic rings. The summed E-state index contributed by atoms with van der Waals surface area (Å²) in [6.07, 6.45) is 2.58. The van der Waals surface area contributed by atoms with Crippen molar-refractivity contribution in [3.05, 3.63) is 36.2 Å². The predicted octanol–water partition coefficient (Wildman–Crippen LogP) is 3.21. The van der Waals surface area contributed by atoms with Gasteiger partial charge in [-0.1, -0.05) is 36.4 Å². The highest BCUT2D eigenvalue weighted by Crippen LogP contribution is 2.17. The van der Waals surface area contributed by atoms with Crippen molar-refractivity contribution < 1.29 is 4.74 Å². The first-order valence-electron chi connectivity index (χ1n) is 9.89. The van der Waals surface area contributed by atoms with Gasteiger partial charge in [-0.15, -0.1) is 5.10 Å². The summed E-state index contributed by atoms with van der Waals surface area (Å²) in [5.74, 6) is 3.10. The van der Waals surface area contributed by atoms with Gasteiger partial charge in [-0.25, -0.2) is 4.98 Å². The van der Waals surface area contributed by atoms with Crippen molar-refractivity contribution in [3.63, 3.8) is 0 Å². The van der Waals surface area contributed by atoms with E-state index in [9.17, 15) is 0 Å². The van der Waals surface area contributed by atoms with E-state index in [1.165, 1.54) is 17.3 Å². The van der Waals surface area contributed by atoms with Crippen LogP contribution in [0.4, 0.5) is 11.9 Å². The Morgan fingerprint density at radius 3 is 2.63 bits per heavy atom. The number of nitrogens with one attached hydrogen (secondary N) is 1. The average Bonchev–Trinajstić information content (AvgIpc) is 3.21. The number of benzene rings is 1. The van der Waals surface area contributed by atoms with Gasteiger partial charge in [-0.05, 0) is 32.4 Å². The van der Waals surface area contributed by atoms with E-state index in [1.54, 1.807) is 11.0 Å². The van der Waals surface area contributed by atoms with Crippen molar-refractivity contribution in [1.82, 2.24) is 29.7 Å². The summed E-state index contributed by atoms with van der Waals surface area (Å²) in [6, 6.07) is 8.27. The predicted molar refractivity (Wildman–Crippen MR) is 120 cm³/mol. The van der Waals surface area contributed by atoms with E-state index in [4.69, 9.17) is 4.74 Å². The van der Waals surface area contributed by atoms with Crippen molar-refractivity contribution in [3.8, 4) is 11.7 Å². The molecule has 1 N–H and O–H groups in total. The highest BCUT2D eigenvalue weighted by atomic mass is 32.2. The maximum atomic E-state index is 5.75. The smallest absolute Gasteiger partial charge is 0.258 e. The van der Waals surface area contributed by atoms with Gasteiger partial charge in [0.25, 0.3) is 5.95 Å². The lowest BCUT2D eigenvalue weighted by Gasteiger charge is -2.15. The second-order valence-corrected chi connectivity index (χ2v) is 8.15. The van der Waals surface area contributed by atoms with Crippen molar-refractivity contribution in [2.75, 3.05) is 36.7 Å². The highest BCUT2D eigenvalue weighted by molar-refractivity contribution is 7.99. The number of hydrogen-bond acceptors (Lipinski definition) is 9. The van der Waals surface area contributed by atoms with E-state index < -0.39 is 0 Å². The fourth-order valence-electron chi connectivity index (χ4n) is 2.38. The van der Waals surface area contributed by atoms with Crippen LogP contribution < -0.4 is 15.0 Å². The zero-order valence-corrected chi connectivity index (χ0v) is 18.8. The number of thioether (sulfide) groups is 1. The van der Waals surface area contributed by atoms with Gasteiger partial charge in [0, 0.05) is 25.9 Å². The quantitative estimate of drug-likeness (QED) is 0.386. The fraction of sp³-hybridized carbons (Fsp3) is 0.450. The molecule has 160 valence electrons. The third-order valence-corrected chi connectivity index (χ3v) is 5.10. The second-order valence-electron chi connectivity index (χ2n) is 7.09. The van der Waals surface area contributed by atoms with E-state index >= 15 is 0 Å². The normalized spacial score (nSPS) is 11.9. The number of nitrogens with zero attached hydrogens (tertiary/aromatic N) is 7. The largest absolute Gasteiger partial charge is 0.493 e. The van der Waals surface area contributed by atoms with Gasteiger partial charge < -0.3 is 15.0 Å². The minimum absolute atomic E-state index is 0.255. The minimum atomic E-state index is 0.255. The van der Waals surface area contributed by atoms with Gasteiger partial charge in [-0.3, -0.25) is 0 Å². The van der Waals surface area contributed by atoms with E-state index in [2.05, 4.69) is 51.1 Å². The standard InChI is InChI=1S/C20H28N8OS/c1-6-15(3)22-17-23-18(27(4)5)25-19(24-17)28-13-21-20(26-28)30-12-11-29-16-9-7-14(2)8-10-16/h7-10,13,15H,6,11-12H2,1-5H3,(H,22,23,24,25)/t15-/m1/s1. The molecule has 0 aliphatic heterocycles.